The lowest BCUT2D eigenvalue weighted by molar-refractivity contribution is 0.00918. The van der Waals surface area contributed by atoms with Gasteiger partial charge in [0, 0.05) is 44.5 Å². The van der Waals surface area contributed by atoms with Crippen molar-refractivity contribution in [1.29, 1.82) is 0 Å². The van der Waals surface area contributed by atoms with E-state index in [1.54, 1.807) is 27.9 Å². The lowest BCUT2D eigenvalue weighted by atomic mass is 10.1. The van der Waals surface area contributed by atoms with E-state index in [1.807, 2.05) is 39.1 Å². The predicted octanol–water partition coefficient (Wildman–Crippen LogP) is 2.25. The third-order valence-electron chi connectivity index (χ3n) is 5.16. The highest BCUT2D eigenvalue weighted by Crippen LogP contribution is 2.20. The molecule has 1 N–H and O–H groups in total. The average molecular weight is 445 g/mol. The number of β-amino-alcohol motifs (C(OH)–C–C–N with tert-alkyl or cyclic N) is 1. The Morgan fingerprint density at radius 2 is 1.72 bits per heavy atom. The minimum absolute atomic E-state index is 0.290. The Hall–Kier alpha value is -2.91. The fraction of sp³-hybridized carbons (Fsp3) is 0.522. The van der Waals surface area contributed by atoms with Gasteiger partial charge in [-0.3, -0.25) is 9.58 Å². The molecule has 0 saturated carbocycles. The molecule has 174 valence electrons. The summed E-state index contributed by atoms with van der Waals surface area (Å²) in [6.07, 6.45) is 2.73. The minimum atomic E-state index is -0.586. The molecule has 1 aromatic heterocycles. The van der Waals surface area contributed by atoms with E-state index >= 15 is 0 Å². The van der Waals surface area contributed by atoms with Gasteiger partial charge < -0.3 is 19.5 Å². The van der Waals surface area contributed by atoms with Gasteiger partial charge in [0.2, 0.25) is 0 Å². The predicted molar refractivity (Wildman–Crippen MR) is 119 cm³/mol. The number of hydrogen-bond donors (Lipinski definition) is 1. The van der Waals surface area contributed by atoms with Gasteiger partial charge in [0.15, 0.2) is 0 Å². The summed E-state index contributed by atoms with van der Waals surface area (Å²) in [5, 5.41) is 14.9. The number of aliphatic hydroxyl groups excluding tert-OH is 1. The first-order valence-corrected chi connectivity index (χ1v) is 10.7. The zero-order valence-corrected chi connectivity index (χ0v) is 19.2. The molecule has 2 aromatic rings. The first-order valence-electron chi connectivity index (χ1n) is 10.7. The van der Waals surface area contributed by atoms with E-state index in [9.17, 15) is 14.7 Å². The molecule has 0 bridgehead atoms. The molecular weight excluding hydrogens is 412 g/mol. The summed E-state index contributed by atoms with van der Waals surface area (Å²) >= 11 is 0. The minimum Gasteiger partial charge on any atom is -0.465 e. The molecule has 1 fully saturated rings. The van der Waals surface area contributed by atoms with Gasteiger partial charge in [0.1, 0.15) is 5.60 Å². The van der Waals surface area contributed by atoms with Crippen molar-refractivity contribution in [1.82, 2.24) is 19.6 Å². The summed E-state index contributed by atoms with van der Waals surface area (Å²) in [4.78, 5) is 27.6. The van der Waals surface area contributed by atoms with Gasteiger partial charge in [-0.05, 0) is 38.5 Å². The molecule has 0 spiro atoms. The normalized spacial score (nSPS) is 16.0. The fourth-order valence-corrected chi connectivity index (χ4v) is 3.54. The van der Waals surface area contributed by atoms with Crippen LogP contribution in [-0.4, -0.2) is 88.3 Å². The molecule has 1 atom stereocenters. The molecule has 1 aliphatic heterocycles. The van der Waals surface area contributed by atoms with Crippen LogP contribution >= 0.6 is 0 Å². The second-order valence-electron chi connectivity index (χ2n) is 8.94. The summed E-state index contributed by atoms with van der Waals surface area (Å²) in [6, 6.07) is 7.11. The standard InChI is InChI=1S/C23H32N4O5/c1-23(2,3)32-22(30)26-11-9-25(10-12-26)15-20(28)16-27-14-19(13-24-27)17-5-7-18(8-6-17)21(29)31-4/h5-8,13-14,20,28H,9-12,15-16H2,1-4H3. The smallest absolute Gasteiger partial charge is 0.410 e. The SMILES string of the molecule is COC(=O)c1ccc(-c2cnn(CC(O)CN3CCN(C(=O)OC(C)(C)C)CC3)c2)cc1. The largest absolute Gasteiger partial charge is 0.465 e. The van der Waals surface area contributed by atoms with E-state index in [-0.39, 0.29) is 12.1 Å². The second-order valence-corrected chi connectivity index (χ2v) is 8.94. The number of carbonyl (C=O) groups is 2. The van der Waals surface area contributed by atoms with Gasteiger partial charge in [-0.1, -0.05) is 12.1 Å². The number of amides is 1. The van der Waals surface area contributed by atoms with E-state index in [1.165, 1.54) is 7.11 Å². The Morgan fingerprint density at radius 3 is 2.31 bits per heavy atom. The van der Waals surface area contributed by atoms with Crippen molar-refractivity contribution in [3.8, 4) is 11.1 Å². The molecule has 32 heavy (non-hydrogen) atoms. The van der Waals surface area contributed by atoms with E-state index in [4.69, 9.17) is 9.47 Å². The number of aromatic nitrogens is 2. The van der Waals surface area contributed by atoms with Gasteiger partial charge in [-0.2, -0.15) is 5.10 Å². The third kappa shape index (κ3) is 6.54. The molecular formula is C23H32N4O5. The fourth-order valence-electron chi connectivity index (χ4n) is 3.54. The highest BCUT2D eigenvalue weighted by molar-refractivity contribution is 5.89. The topological polar surface area (TPSA) is 97.1 Å². The van der Waals surface area contributed by atoms with Crippen LogP contribution in [-0.2, 0) is 16.0 Å². The van der Waals surface area contributed by atoms with Crippen LogP contribution in [0, 0.1) is 0 Å². The van der Waals surface area contributed by atoms with Crippen LogP contribution < -0.4 is 0 Å². The summed E-state index contributed by atoms with van der Waals surface area (Å²) in [5.41, 5.74) is 1.82. The van der Waals surface area contributed by atoms with E-state index < -0.39 is 11.7 Å². The Labute approximate surface area is 188 Å². The quantitative estimate of drug-likeness (QED) is 0.683. The number of rotatable bonds is 6. The summed E-state index contributed by atoms with van der Waals surface area (Å²) in [6.45, 7) is 8.98. The molecule has 2 heterocycles. The molecule has 9 heteroatoms. The van der Waals surface area contributed by atoms with E-state index in [2.05, 4.69) is 10.00 Å². The van der Waals surface area contributed by atoms with Crippen LogP contribution in [0.25, 0.3) is 11.1 Å². The molecule has 1 aromatic carbocycles. The molecule has 1 unspecified atom stereocenters. The van der Waals surface area contributed by atoms with Gasteiger partial charge in [-0.15, -0.1) is 0 Å². The number of benzene rings is 1. The lowest BCUT2D eigenvalue weighted by Gasteiger charge is -2.36. The summed E-state index contributed by atoms with van der Waals surface area (Å²) in [5.74, 6) is -0.373. The van der Waals surface area contributed by atoms with Crippen molar-refractivity contribution in [3.05, 3.63) is 42.2 Å². The second kappa shape index (κ2) is 10.1. The van der Waals surface area contributed by atoms with Crippen molar-refractivity contribution < 1.29 is 24.2 Å². The molecule has 9 nitrogen and oxygen atoms in total. The van der Waals surface area contributed by atoms with Crippen molar-refractivity contribution in [2.24, 2.45) is 0 Å². The van der Waals surface area contributed by atoms with Gasteiger partial charge in [0.25, 0.3) is 0 Å². The monoisotopic (exact) mass is 444 g/mol. The molecule has 1 amide bonds. The van der Waals surface area contributed by atoms with Crippen molar-refractivity contribution in [2.45, 2.75) is 39.0 Å². The highest BCUT2D eigenvalue weighted by atomic mass is 16.6. The zero-order valence-electron chi connectivity index (χ0n) is 19.2. The van der Waals surface area contributed by atoms with Crippen LogP contribution in [0.4, 0.5) is 4.79 Å². The third-order valence-corrected chi connectivity index (χ3v) is 5.16. The number of esters is 1. The van der Waals surface area contributed by atoms with Crippen molar-refractivity contribution in [3.63, 3.8) is 0 Å². The Balaban J connectivity index is 1.47. The Bertz CT molecular complexity index is 911. The van der Waals surface area contributed by atoms with Gasteiger partial charge >= 0.3 is 12.1 Å². The first kappa shape index (κ1) is 23.7. The van der Waals surface area contributed by atoms with Crippen molar-refractivity contribution in [2.75, 3.05) is 39.8 Å². The maximum Gasteiger partial charge on any atom is 0.410 e. The summed E-state index contributed by atoms with van der Waals surface area (Å²) in [7, 11) is 1.35. The molecule has 1 aliphatic rings. The Morgan fingerprint density at radius 1 is 1.06 bits per heavy atom. The number of hydrogen-bond acceptors (Lipinski definition) is 7. The number of ether oxygens (including phenoxy) is 2. The number of methoxy groups -OCH3 is 1. The number of piperazine rings is 1. The van der Waals surface area contributed by atoms with Gasteiger partial charge in [0.05, 0.1) is 31.5 Å². The Kier molecular flexibility index (Phi) is 7.52. The van der Waals surface area contributed by atoms with E-state index in [0.717, 1.165) is 11.1 Å². The van der Waals surface area contributed by atoms with Crippen LogP contribution in [0.5, 0.6) is 0 Å². The maximum absolute atomic E-state index is 12.2. The highest BCUT2D eigenvalue weighted by Gasteiger charge is 2.26. The molecule has 1 saturated heterocycles. The van der Waals surface area contributed by atoms with Crippen LogP contribution in [0.3, 0.4) is 0 Å². The average Bonchev–Trinajstić information content (AvgIpc) is 3.20. The van der Waals surface area contributed by atoms with Crippen molar-refractivity contribution >= 4 is 12.1 Å². The number of aliphatic hydroxyl groups is 1. The summed E-state index contributed by atoms with van der Waals surface area (Å²) < 4.78 is 11.8. The van der Waals surface area contributed by atoms with E-state index in [0.29, 0.717) is 44.8 Å². The maximum atomic E-state index is 12.2. The molecule has 0 aliphatic carbocycles. The van der Waals surface area contributed by atoms with Crippen LogP contribution in [0.15, 0.2) is 36.7 Å². The molecule has 3 rings (SSSR count). The van der Waals surface area contributed by atoms with Crippen LogP contribution in [0.2, 0.25) is 0 Å². The number of carbonyl (C=O) groups excluding carboxylic acids is 2. The number of nitrogens with zero attached hydrogens (tertiary/aromatic N) is 4. The molecule has 0 radical (unpaired) electrons. The first-order chi connectivity index (χ1) is 15.1. The van der Waals surface area contributed by atoms with Crippen LogP contribution in [0.1, 0.15) is 31.1 Å². The zero-order chi connectivity index (χ0) is 23.3. The van der Waals surface area contributed by atoms with Gasteiger partial charge in [-0.25, -0.2) is 9.59 Å². The lowest BCUT2D eigenvalue weighted by Crippen LogP contribution is -2.51.